The molecule has 120 valence electrons. The van der Waals surface area contributed by atoms with Gasteiger partial charge in [0.1, 0.15) is 11.3 Å². The number of nitrogens with zero attached hydrogens (tertiary/aromatic N) is 3. The summed E-state index contributed by atoms with van der Waals surface area (Å²) in [6.45, 7) is 8.88. The van der Waals surface area contributed by atoms with Crippen molar-refractivity contribution in [3.05, 3.63) is 30.1 Å². The number of pyridine rings is 1. The fourth-order valence-corrected chi connectivity index (χ4v) is 2.39. The highest BCUT2D eigenvalue weighted by Crippen LogP contribution is 2.16. The number of carbonyl (C=O) groups excluding carboxylic acids is 2. The molecule has 1 aliphatic heterocycles. The van der Waals surface area contributed by atoms with E-state index in [2.05, 4.69) is 4.98 Å². The SMILES string of the molecule is C[C@H]1CN(C(=O)c2ccccn2)CCN1C(=O)OC(C)(C)C. The predicted molar refractivity (Wildman–Crippen MR) is 82.5 cm³/mol. The fourth-order valence-electron chi connectivity index (χ4n) is 2.39. The van der Waals surface area contributed by atoms with E-state index in [4.69, 9.17) is 4.74 Å². The van der Waals surface area contributed by atoms with Crippen LogP contribution in [0.1, 0.15) is 38.2 Å². The topological polar surface area (TPSA) is 62.7 Å². The van der Waals surface area contributed by atoms with Crippen molar-refractivity contribution in [3.8, 4) is 0 Å². The first-order valence-corrected chi connectivity index (χ1v) is 7.48. The molecule has 0 saturated carbocycles. The Morgan fingerprint density at radius 3 is 2.55 bits per heavy atom. The van der Waals surface area contributed by atoms with Gasteiger partial charge in [0.2, 0.25) is 0 Å². The number of hydrogen-bond donors (Lipinski definition) is 0. The van der Waals surface area contributed by atoms with Crippen molar-refractivity contribution < 1.29 is 14.3 Å². The van der Waals surface area contributed by atoms with Crippen LogP contribution in [0.15, 0.2) is 24.4 Å². The number of hydrogen-bond acceptors (Lipinski definition) is 4. The molecule has 1 aromatic rings. The molecule has 1 aliphatic rings. The van der Waals surface area contributed by atoms with Crippen molar-refractivity contribution >= 4 is 12.0 Å². The van der Waals surface area contributed by atoms with E-state index < -0.39 is 5.60 Å². The molecule has 1 atom stereocenters. The average molecular weight is 305 g/mol. The summed E-state index contributed by atoms with van der Waals surface area (Å²) in [6, 6.07) is 5.18. The predicted octanol–water partition coefficient (Wildman–Crippen LogP) is 2.16. The molecule has 0 spiro atoms. The van der Waals surface area contributed by atoms with Gasteiger partial charge in [0.25, 0.3) is 5.91 Å². The lowest BCUT2D eigenvalue weighted by molar-refractivity contribution is 0.00190. The van der Waals surface area contributed by atoms with Crippen molar-refractivity contribution in [2.45, 2.75) is 39.3 Å². The number of ether oxygens (including phenoxy) is 1. The molecule has 22 heavy (non-hydrogen) atoms. The van der Waals surface area contributed by atoms with Crippen molar-refractivity contribution in [1.82, 2.24) is 14.8 Å². The maximum Gasteiger partial charge on any atom is 0.410 e. The fraction of sp³-hybridized carbons (Fsp3) is 0.562. The third kappa shape index (κ3) is 3.96. The molecule has 2 amide bonds. The Bertz CT molecular complexity index is 539. The molecular formula is C16H23N3O3. The average Bonchev–Trinajstić information content (AvgIpc) is 2.45. The van der Waals surface area contributed by atoms with Crippen LogP contribution in [-0.4, -0.2) is 58.1 Å². The van der Waals surface area contributed by atoms with E-state index in [1.165, 1.54) is 0 Å². The summed E-state index contributed by atoms with van der Waals surface area (Å²) < 4.78 is 5.40. The summed E-state index contributed by atoms with van der Waals surface area (Å²) in [5.41, 5.74) is -0.0852. The molecule has 2 rings (SSSR count). The van der Waals surface area contributed by atoms with Gasteiger partial charge >= 0.3 is 6.09 Å². The van der Waals surface area contributed by atoms with Gasteiger partial charge in [0.15, 0.2) is 0 Å². The zero-order chi connectivity index (χ0) is 16.3. The number of carbonyl (C=O) groups is 2. The molecule has 0 bridgehead atoms. The van der Waals surface area contributed by atoms with Gasteiger partial charge < -0.3 is 14.5 Å². The van der Waals surface area contributed by atoms with Gasteiger partial charge in [-0.05, 0) is 39.8 Å². The molecule has 2 heterocycles. The van der Waals surface area contributed by atoms with Crippen LogP contribution in [0.4, 0.5) is 4.79 Å². The number of piperazine rings is 1. The standard InChI is InChI=1S/C16H23N3O3/c1-12-11-18(14(20)13-7-5-6-8-17-13)9-10-19(12)15(21)22-16(2,3)4/h5-8,12H,9-11H2,1-4H3/t12-/m0/s1. The molecule has 1 aromatic heterocycles. The zero-order valence-electron chi connectivity index (χ0n) is 13.6. The number of rotatable bonds is 1. The molecule has 0 radical (unpaired) electrons. The lowest BCUT2D eigenvalue weighted by Crippen LogP contribution is -2.56. The molecule has 0 aromatic carbocycles. The highest BCUT2D eigenvalue weighted by atomic mass is 16.6. The molecule has 0 aliphatic carbocycles. The normalized spacial score (nSPS) is 19.0. The Morgan fingerprint density at radius 2 is 2.00 bits per heavy atom. The Morgan fingerprint density at radius 1 is 1.27 bits per heavy atom. The Labute approximate surface area is 131 Å². The largest absolute Gasteiger partial charge is 0.444 e. The first-order chi connectivity index (χ1) is 10.3. The molecule has 0 N–H and O–H groups in total. The van der Waals surface area contributed by atoms with Crippen LogP contribution >= 0.6 is 0 Å². The van der Waals surface area contributed by atoms with Gasteiger partial charge in [-0.1, -0.05) is 6.07 Å². The quantitative estimate of drug-likeness (QED) is 0.797. The summed E-state index contributed by atoms with van der Waals surface area (Å²) in [4.78, 5) is 32.0. The van der Waals surface area contributed by atoms with E-state index in [1.54, 1.807) is 34.2 Å². The molecule has 0 unspecified atom stereocenters. The second-order valence-electron chi connectivity index (χ2n) is 6.49. The van der Waals surface area contributed by atoms with Gasteiger partial charge in [0, 0.05) is 31.9 Å². The van der Waals surface area contributed by atoms with Crippen LogP contribution < -0.4 is 0 Å². The van der Waals surface area contributed by atoms with Gasteiger partial charge in [-0.25, -0.2) is 4.79 Å². The third-order valence-electron chi connectivity index (χ3n) is 3.43. The summed E-state index contributed by atoms with van der Waals surface area (Å²) in [5.74, 6) is -0.101. The third-order valence-corrected chi connectivity index (χ3v) is 3.43. The zero-order valence-corrected chi connectivity index (χ0v) is 13.6. The van der Waals surface area contributed by atoms with Crippen molar-refractivity contribution in [1.29, 1.82) is 0 Å². The lowest BCUT2D eigenvalue weighted by atomic mass is 10.1. The van der Waals surface area contributed by atoms with E-state index in [0.29, 0.717) is 25.3 Å². The van der Waals surface area contributed by atoms with E-state index in [0.717, 1.165) is 0 Å². The molecule has 6 heteroatoms. The summed E-state index contributed by atoms with van der Waals surface area (Å²) >= 11 is 0. The van der Waals surface area contributed by atoms with Crippen LogP contribution in [-0.2, 0) is 4.74 Å². The van der Waals surface area contributed by atoms with Crippen molar-refractivity contribution in [2.24, 2.45) is 0 Å². The van der Waals surface area contributed by atoms with Crippen LogP contribution in [0.5, 0.6) is 0 Å². The minimum absolute atomic E-state index is 0.0868. The van der Waals surface area contributed by atoms with Crippen LogP contribution in [0.25, 0.3) is 0 Å². The maximum absolute atomic E-state index is 12.4. The van der Waals surface area contributed by atoms with E-state index in [-0.39, 0.29) is 18.0 Å². The Kier molecular flexibility index (Phi) is 4.68. The minimum Gasteiger partial charge on any atom is -0.444 e. The van der Waals surface area contributed by atoms with E-state index in [1.807, 2.05) is 27.7 Å². The molecule has 6 nitrogen and oxygen atoms in total. The number of amides is 2. The Balaban J connectivity index is 1.98. The molecule has 1 saturated heterocycles. The second kappa shape index (κ2) is 6.34. The second-order valence-corrected chi connectivity index (χ2v) is 6.49. The van der Waals surface area contributed by atoms with Crippen LogP contribution in [0, 0.1) is 0 Å². The van der Waals surface area contributed by atoms with E-state index in [9.17, 15) is 9.59 Å². The van der Waals surface area contributed by atoms with Crippen LogP contribution in [0.3, 0.4) is 0 Å². The highest BCUT2D eigenvalue weighted by molar-refractivity contribution is 5.92. The summed E-state index contributed by atoms with van der Waals surface area (Å²) in [6.07, 6.45) is 1.28. The highest BCUT2D eigenvalue weighted by Gasteiger charge is 2.32. The smallest absolute Gasteiger partial charge is 0.410 e. The molecule has 1 fully saturated rings. The van der Waals surface area contributed by atoms with Gasteiger partial charge in [-0.3, -0.25) is 9.78 Å². The molecular weight excluding hydrogens is 282 g/mol. The Hall–Kier alpha value is -2.11. The summed E-state index contributed by atoms with van der Waals surface area (Å²) in [7, 11) is 0. The van der Waals surface area contributed by atoms with Gasteiger partial charge in [0.05, 0.1) is 0 Å². The number of aromatic nitrogens is 1. The first-order valence-electron chi connectivity index (χ1n) is 7.48. The van der Waals surface area contributed by atoms with Crippen LogP contribution in [0.2, 0.25) is 0 Å². The van der Waals surface area contributed by atoms with Gasteiger partial charge in [-0.2, -0.15) is 0 Å². The maximum atomic E-state index is 12.4. The van der Waals surface area contributed by atoms with Crippen molar-refractivity contribution in [2.75, 3.05) is 19.6 Å². The monoisotopic (exact) mass is 305 g/mol. The summed E-state index contributed by atoms with van der Waals surface area (Å²) in [5, 5.41) is 0. The minimum atomic E-state index is -0.516. The van der Waals surface area contributed by atoms with Gasteiger partial charge in [-0.15, -0.1) is 0 Å². The lowest BCUT2D eigenvalue weighted by Gasteiger charge is -2.40. The van der Waals surface area contributed by atoms with Crippen molar-refractivity contribution in [3.63, 3.8) is 0 Å². The first kappa shape index (κ1) is 16.3. The van der Waals surface area contributed by atoms with E-state index >= 15 is 0 Å².